The zero-order valence-electron chi connectivity index (χ0n) is 21.8. The maximum atomic E-state index is 13.0. The number of likely N-dealkylation sites (tertiary alicyclic amines) is 1. The molecule has 0 radical (unpaired) electrons. The molecule has 0 unspecified atom stereocenters. The maximum Gasteiger partial charge on any atom is 0.410 e. The number of amides is 1. The first-order valence-electron chi connectivity index (χ1n) is 12.3. The first-order chi connectivity index (χ1) is 16.2. The Hall–Kier alpha value is -2.86. The average molecular weight is 471 g/mol. The lowest BCUT2D eigenvalue weighted by Crippen LogP contribution is -2.44. The first-order valence-corrected chi connectivity index (χ1v) is 12.3. The van der Waals surface area contributed by atoms with Gasteiger partial charge in [0.2, 0.25) is 0 Å². The van der Waals surface area contributed by atoms with Gasteiger partial charge in [0, 0.05) is 19.6 Å². The van der Waals surface area contributed by atoms with Crippen LogP contribution in [0.4, 0.5) is 4.79 Å². The van der Waals surface area contributed by atoms with E-state index in [0.717, 1.165) is 11.1 Å². The molecule has 0 spiro atoms. The van der Waals surface area contributed by atoms with Crippen LogP contribution in [0.2, 0.25) is 0 Å². The summed E-state index contributed by atoms with van der Waals surface area (Å²) in [6, 6.07) is 18.6. The maximum absolute atomic E-state index is 13.0. The number of hydrogen-bond acceptors (Lipinski definition) is 4. The van der Waals surface area contributed by atoms with Gasteiger partial charge in [0.25, 0.3) is 0 Å². The van der Waals surface area contributed by atoms with Gasteiger partial charge < -0.3 is 9.84 Å². The van der Waals surface area contributed by atoms with E-state index in [1.54, 1.807) is 4.90 Å². The second kappa shape index (κ2) is 14.4. The van der Waals surface area contributed by atoms with Crippen molar-refractivity contribution in [2.45, 2.75) is 85.7 Å². The van der Waals surface area contributed by atoms with Crippen LogP contribution < -0.4 is 0 Å². The summed E-state index contributed by atoms with van der Waals surface area (Å²) in [5, 5.41) is 9.80. The van der Waals surface area contributed by atoms with Crippen molar-refractivity contribution in [3.05, 3.63) is 71.8 Å². The third kappa shape index (κ3) is 9.18. The average Bonchev–Trinajstić information content (AvgIpc) is 3.24. The van der Waals surface area contributed by atoms with Crippen molar-refractivity contribution in [2.75, 3.05) is 6.54 Å². The van der Waals surface area contributed by atoms with Crippen LogP contribution in [0.25, 0.3) is 0 Å². The van der Waals surface area contributed by atoms with E-state index in [0.29, 0.717) is 26.1 Å². The SMILES string of the molecule is CC.CC.CC(C)(C)OC(=O)N(Cc1ccccc1)[C@H]1C[C@@H](C(=O)O)N(Cc2ccccc2)C1. The highest BCUT2D eigenvalue weighted by atomic mass is 16.6. The fourth-order valence-electron chi connectivity index (χ4n) is 3.80. The van der Waals surface area contributed by atoms with E-state index < -0.39 is 23.7 Å². The molecule has 34 heavy (non-hydrogen) atoms. The summed E-state index contributed by atoms with van der Waals surface area (Å²) in [5.41, 5.74) is 1.41. The van der Waals surface area contributed by atoms with Gasteiger partial charge in [-0.25, -0.2) is 4.79 Å². The van der Waals surface area contributed by atoms with E-state index in [-0.39, 0.29) is 6.04 Å². The van der Waals surface area contributed by atoms with E-state index in [1.807, 2.05) is 114 Å². The van der Waals surface area contributed by atoms with Crippen molar-refractivity contribution in [1.29, 1.82) is 0 Å². The lowest BCUT2D eigenvalue weighted by Gasteiger charge is -2.32. The van der Waals surface area contributed by atoms with Crippen LogP contribution in [0.15, 0.2) is 60.7 Å². The van der Waals surface area contributed by atoms with E-state index in [2.05, 4.69) is 0 Å². The quantitative estimate of drug-likeness (QED) is 0.544. The topological polar surface area (TPSA) is 70.1 Å². The molecule has 0 aliphatic carbocycles. The molecular formula is C28H42N2O4. The van der Waals surface area contributed by atoms with Crippen molar-refractivity contribution in [3.8, 4) is 0 Å². The minimum atomic E-state index is -0.864. The second-order valence-corrected chi connectivity index (χ2v) is 8.75. The molecule has 188 valence electrons. The zero-order valence-corrected chi connectivity index (χ0v) is 21.8. The minimum absolute atomic E-state index is 0.245. The standard InChI is InChI=1S/C24H30N2O4.2C2H6/c1-24(2,3)30-23(29)26(16-19-12-8-5-9-13-19)20-14-21(22(27)28)25(17-20)15-18-10-6-4-7-11-18;2*1-2/h4-13,20-21H,14-17H2,1-3H3,(H,27,28);2*1-2H3/t20-,21-;;/m0../s1. The summed E-state index contributed by atoms with van der Waals surface area (Å²) in [5.74, 6) is -0.864. The number of benzene rings is 2. The van der Waals surface area contributed by atoms with Crippen LogP contribution in [-0.4, -0.2) is 51.2 Å². The Kier molecular flexibility index (Phi) is 12.4. The lowest BCUT2D eigenvalue weighted by molar-refractivity contribution is -0.142. The molecule has 1 amide bonds. The van der Waals surface area contributed by atoms with E-state index >= 15 is 0 Å². The van der Waals surface area contributed by atoms with Gasteiger partial charge >= 0.3 is 12.1 Å². The van der Waals surface area contributed by atoms with Crippen molar-refractivity contribution < 1.29 is 19.4 Å². The van der Waals surface area contributed by atoms with E-state index in [4.69, 9.17) is 4.74 Å². The van der Waals surface area contributed by atoms with Crippen molar-refractivity contribution in [2.24, 2.45) is 0 Å². The molecule has 1 heterocycles. The monoisotopic (exact) mass is 470 g/mol. The number of carbonyl (C=O) groups excluding carboxylic acids is 1. The highest BCUT2D eigenvalue weighted by Gasteiger charge is 2.41. The molecule has 0 bridgehead atoms. The molecule has 1 saturated heterocycles. The second-order valence-electron chi connectivity index (χ2n) is 8.75. The Bertz CT molecular complexity index is 850. The molecule has 3 rings (SSSR count). The van der Waals surface area contributed by atoms with E-state index in [1.165, 1.54) is 0 Å². The number of rotatable bonds is 6. The third-order valence-electron chi connectivity index (χ3n) is 5.16. The summed E-state index contributed by atoms with van der Waals surface area (Å²) in [7, 11) is 0. The van der Waals surface area contributed by atoms with Gasteiger partial charge in [-0.1, -0.05) is 88.4 Å². The Labute approximate surface area is 205 Å². The molecule has 1 N–H and O–H groups in total. The zero-order chi connectivity index (χ0) is 25.7. The molecule has 2 atom stereocenters. The fraction of sp³-hybridized carbons (Fsp3) is 0.500. The van der Waals surface area contributed by atoms with Crippen LogP contribution in [0.1, 0.15) is 66.0 Å². The number of carboxylic acids is 1. The van der Waals surface area contributed by atoms with Crippen molar-refractivity contribution in [3.63, 3.8) is 0 Å². The Balaban J connectivity index is 0.00000137. The smallest absolute Gasteiger partial charge is 0.410 e. The van der Waals surface area contributed by atoms with Crippen LogP contribution in [0, 0.1) is 0 Å². The Morgan fingerprint density at radius 1 is 0.941 bits per heavy atom. The Morgan fingerprint density at radius 2 is 1.44 bits per heavy atom. The van der Waals surface area contributed by atoms with Gasteiger partial charge in [-0.3, -0.25) is 14.6 Å². The summed E-state index contributed by atoms with van der Waals surface area (Å²) in [6.07, 6.45) is -0.0455. The first kappa shape index (κ1) is 29.2. The summed E-state index contributed by atoms with van der Waals surface area (Å²) < 4.78 is 5.65. The summed E-state index contributed by atoms with van der Waals surface area (Å²) in [6.45, 7) is 14.9. The van der Waals surface area contributed by atoms with Crippen LogP contribution in [0.3, 0.4) is 0 Å². The van der Waals surface area contributed by atoms with E-state index in [9.17, 15) is 14.7 Å². The third-order valence-corrected chi connectivity index (χ3v) is 5.16. The molecule has 0 aromatic heterocycles. The number of carbonyl (C=O) groups is 2. The summed E-state index contributed by atoms with van der Waals surface area (Å²) in [4.78, 5) is 28.6. The van der Waals surface area contributed by atoms with Gasteiger partial charge in [-0.05, 0) is 38.3 Å². The highest BCUT2D eigenvalue weighted by Crippen LogP contribution is 2.27. The minimum Gasteiger partial charge on any atom is -0.480 e. The number of ether oxygens (including phenoxy) is 1. The van der Waals surface area contributed by atoms with Crippen molar-refractivity contribution in [1.82, 2.24) is 9.80 Å². The van der Waals surface area contributed by atoms with Crippen LogP contribution in [0.5, 0.6) is 0 Å². The van der Waals surface area contributed by atoms with Gasteiger partial charge in [0.05, 0.1) is 6.04 Å². The normalized spacial score (nSPS) is 17.5. The predicted octanol–water partition coefficient (Wildman–Crippen LogP) is 6.20. The summed E-state index contributed by atoms with van der Waals surface area (Å²) >= 11 is 0. The largest absolute Gasteiger partial charge is 0.480 e. The van der Waals surface area contributed by atoms with Gasteiger partial charge in [-0.15, -0.1) is 0 Å². The molecular weight excluding hydrogens is 428 g/mol. The number of aliphatic carboxylic acids is 1. The molecule has 2 aromatic carbocycles. The molecule has 0 saturated carbocycles. The van der Waals surface area contributed by atoms with Crippen LogP contribution >= 0.6 is 0 Å². The van der Waals surface area contributed by atoms with Gasteiger partial charge in [0.1, 0.15) is 11.6 Å². The van der Waals surface area contributed by atoms with Crippen LogP contribution in [-0.2, 0) is 22.6 Å². The molecule has 1 aliphatic rings. The lowest BCUT2D eigenvalue weighted by atomic mass is 10.1. The number of carboxylic acid groups (broad SMARTS) is 1. The molecule has 1 fully saturated rings. The van der Waals surface area contributed by atoms with Crippen molar-refractivity contribution >= 4 is 12.1 Å². The van der Waals surface area contributed by atoms with Gasteiger partial charge in [-0.2, -0.15) is 0 Å². The Morgan fingerprint density at radius 3 is 1.91 bits per heavy atom. The molecule has 6 heteroatoms. The molecule has 2 aromatic rings. The molecule has 1 aliphatic heterocycles. The predicted molar refractivity (Wildman–Crippen MR) is 138 cm³/mol. The fourth-order valence-corrected chi connectivity index (χ4v) is 3.80. The number of nitrogens with zero attached hydrogens (tertiary/aromatic N) is 2. The molecule has 6 nitrogen and oxygen atoms in total. The highest BCUT2D eigenvalue weighted by molar-refractivity contribution is 5.75. The number of hydrogen-bond donors (Lipinski definition) is 1. The van der Waals surface area contributed by atoms with Gasteiger partial charge in [0.15, 0.2) is 0 Å².